The second kappa shape index (κ2) is 7.09. The molecule has 28 heavy (non-hydrogen) atoms. The second-order valence-electron chi connectivity index (χ2n) is 7.07. The Balaban J connectivity index is 2.35. The molecule has 3 rings (SSSR count). The molecule has 0 spiro atoms. The number of pyridine rings is 1. The zero-order valence-corrected chi connectivity index (χ0v) is 15.8. The van der Waals surface area contributed by atoms with E-state index in [1.54, 1.807) is 20.8 Å². The van der Waals surface area contributed by atoms with E-state index >= 15 is 0 Å². The molecule has 0 aliphatic heterocycles. The van der Waals surface area contributed by atoms with E-state index in [1.807, 2.05) is 0 Å². The van der Waals surface area contributed by atoms with Crippen molar-refractivity contribution in [2.45, 2.75) is 32.8 Å². The molecule has 0 aliphatic carbocycles. The molecule has 0 atom stereocenters. The third-order valence-corrected chi connectivity index (χ3v) is 4.04. The highest BCUT2D eigenvalue weighted by Gasteiger charge is 2.27. The number of alkyl halides is 2. The fourth-order valence-electron chi connectivity index (χ4n) is 2.74. The Hall–Kier alpha value is -2.61. The lowest BCUT2D eigenvalue weighted by molar-refractivity contribution is 0.0547. The molecule has 9 heteroatoms. The quantitative estimate of drug-likeness (QED) is 0.362. The van der Waals surface area contributed by atoms with E-state index in [0.29, 0.717) is 17.5 Å². The molecule has 0 aliphatic rings. The summed E-state index contributed by atoms with van der Waals surface area (Å²) < 4.78 is 60.7. The van der Waals surface area contributed by atoms with Crippen LogP contribution in [0.25, 0.3) is 22.2 Å². The van der Waals surface area contributed by atoms with Crippen LogP contribution in [0.4, 0.5) is 22.4 Å². The fraction of sp³-hybridized carbons (Fsp3) is 0.263. The number of carbonyl (C=O) groups is 1. The summed E-state index contributed by atoms with van der Waals surface area (Å²) in [7, 11) is 0. The number of hydrogen-bond acceptors (Lipinski definition) is 3. The average Bonchev–Trinajstić information content (AvgIpc) is 2.93. The van der Waals surface area contributed by atoms with Gasteiger partial charge in [-0.15, -0.1) is 0 Å². The molecular weight excluding hydrogens is 400 g/mol. The van der Waals surface area contributed by atoms with Crippen LogP contribution in [-0.2, 0) is 4.74 Å². The summed E-state index contributed by atoms with van der Waals surface area (Å²) in [4.78, 5) is 16.7. The molecule has 3 aromatic rings. The van der Waals surface area contributed by atoms with Gasteiger partial charge in [0.1, 0.15) is 10.8 Å². The summed E-state index contributed by atoms with van der Waals surface area (Å²) in [5.41, 5.74) is -1.85. The molecule has 0 fully saturated rings. The van der Waals surface area contributed by atoms with Gasteiger partial charge >= 0.3 is 6.09 Å². The van der Waals surface area contributed by atoms with E-state index in [1.165, 1.54) is 18.3 Å². The van der Waals surface area contributed by atoms with Crippen molar-refractivity contribution in [1.82, 2.24) is 9.55 Å². The number of halogens is 5. The zero-order chi connectivity index (χ0) is 20.8. The molecule has 0 saturated heterocycles. The largest absolute Gasteiger partial charge is 0.443 e. The van der Waals surface area contributed by atoms with Crippen LogP contribution in [0, 0.1) is 11.6 Å². The van der Waals surface area contributed by atoms with Gasteiger partial charge < -0.3 is 4.74 Å². The molecular formula is C19H15ClF4N2O2. The van der Waals surface area contributed by atoms with E-state index in [2.05, 4.69) is 4.98 Å². The Morgan fingerprint density at radius 3 is 2.39 bits per heavy atom. The number of nitrogens with zero attached hydrogens (tertiary/aromatic N) is 2. The summed E-state index contributed by atoms with van der Waals surface area (Å²) in [5.74, 6) is -2.74. The van der Waals surface area contributed by atoms with Gasteiger partial charge in [0, 0.05) is 28.8 Å². The third kappa shape index (κ3) is 3.82. The normalized spacial score (nSPS) is 12.0. The van der Waals surface area contributed by atoms with Crippen LogP contribution in [0.5, 0.6) is 0 Å². The molecule has 2 aromatic heterocycles. The first kappa shape index (κ1) is 20.1. The van der Waals surface area contributed by atoms with E-state index < -0.39 is 35.3 Å². The number of ether oxygens (including phenoxy) is 1. The molecule has 0 unspecified atom stereocenters. The Morgan fingerprint density at radius 1 is 1.14 bits per heavy atom. The van der Waals surface area contributed by atoms with Gasteiger partial charge in [0.25, 0.3) is 6.43 Å². The minimum atomic E-state index is -3.10. The topological polar surface area (TPSA) is 44.1 Å². The van der Waals surface area contributed by atoms with Crippen molar-refractivity contribution < 1.29 is 27.1 Å². The van der Waals surface area contributed by atoms with Crippen molar-refractivity contribution in [1.29, 1.82) is 0 Å². The Labute approximate surface area is 162 Å². The van der Waals surface area contributed by atoms with Gasteiger partial charge in [-0.05, 0) is 39.0 Å². The lowest BCUT2D eigenvalue weighted by Crippen LogP contribution is -2.27. The molecule has 2 heterocycles. The van der Waals surface area contributed by atoms with Gasteiger partial charge in [-0.3, -0.25) is 0 Å². The number of carbonyl (C=O) groups excluding carboxylic acids is 1. The SMILES string of the molecule is CC(C)(C)OC(=O)n1c(-c2cc(F)c(F)cc2C(F)F)cc2cnc(Cl)cc21. The van der Waals surface area contributed by atoms with E-state index in [9.17, 15) is 22.4 Å². The Bertz CT molecular complexity index is 1070. The van der Waals surface area contributed by atoms with Crippen molar-refractivity contribution in [3.63, 3.8) is 0 Å². The van der Waals surface area contributed by atoms with Crippen molar-refractivity contribution >= 4 is 28.6 Å². The third-order valence-electron chi connectivity index (χ3n) is 3.83. The highest BCUT2D eigenvalue weighted by Crippen LogP contribution is 2.37. The van der Waals surface area contributed by atoms with Gasteiger partial charge in [0.15, 0.2) is 11.6 Å². The van der Waals surface area contributed by atoms with Gasteiger partial charge in [-0.25, -0.2) is 31.9 Å². The van der Waals surface area contributed by atoms with Gasteiger partial charge in [-0.1, -0.05) is 11.6 Å². The molecule has 148 valence electrons. The van der Waals surface area contributed by atoms with Crippen LogP contribution in [-0.4, -0.2) is 21.2 Å². The summed E-state index contributed by atoms with van der Waals surface area (Å²) in [6, 6.07) is 3.76. The summed E-state index contributed by atoms with van der Waals surface area (Å²) in [5, 5.41) is 0.441. The predicted octanol–water partition coefficient (Wildman–Crippen LogP) is 6.36. The van der Waals surface area contributed by atoms with Crippen LogP contribution in [0.2, 0.25) is 5.15 Å². The van der Waals surface area contributed by atoms with Crippen LogP contribution in [0.1, 0.15) is 32.8 Å². The molecule has 0 bridgehead atoms. The van der Waals surface area contributed by atoms with Crippen molar-refractivity contribution in [2.75, 3.05) is 0 Å². The first-order valence-electron chi connectivity index (χ1n) is 8.16. The molecule has 0 radical (unpaired) electrons. The molecule has 4 nitrogen and oxygen atoms in total. The lowest BCUT2D eigenvalue weighted by atomic mass is 10.0. The predicted molar refractivity (Wildman–Crippen MR) is 96.7 cm³/mol. The monoisotopic (exact) mass is 414 g/mol. The number of aromatic nitrogens is 2. The average molecular weight is 415 g/mol. The minimum Gasteiger partial charge on any atom is -0.443 e. The number of fused-ring (bicyclic) bond motifs is 1. The molecule has 1 aromatic carbocycles. The first-order valence-corrected chi connectivity index (χ1v) is 8.53. The minimum absolute atomic E-state index is 0.0568. The van der Waals surface area contributed by atoms with Crippen molar-refractivity contribution in [3.8, 4) is 11.3 Å². The highest BCUT2D eigenvalue weighted by atomic mass is 35.5. The number of rotatable bonds is 2. The summed E-state index contributed by atoms with van der Waals surface area (Å²) in [6.07, 6.45) is -2.65. The molecule has 0 saturated carbocycles. The van der Waals surface area contributed by atoms with Crippen LogP contribution < -0.4 is 0 Å². The maximum absolute atomic E-state index is 13.9. The summed E-state index contributed by atoms with van der Waals surface area (Å²) >= 11 is 5.91. The standard InChI is InChI=1S/C19H15ClF4N2O2/c1-19(2,3)28-18(27)26-14-7-16(20)25-8-9(14)4-15(26)10-5-12(21)13(22)6-11(10)17(23)24/h4-8,17H,1-3H3. The second-order valence-corrected chi connectivity index (χ2v) is 7.45. The first-order chi connectivity index (χ1) is 13.0. The Kier molecular flexibility index (Phi) is 5.10. The van der Waals surface area contributed by atoms with Crippen molar-refractivity contribution in [2.24, 2.45) is 0 Å². The highest BCUT2D eigenvalue weighted by molar-refractivity contribution is 6.30. The maximum Gasteiger partial charge on any atom is 0.419 e. The number of hydrogen-bond donors (Lipinski definition) is 0. The van der Waals surface area contributed by atoms with Gasteiger partial charge in [-0.2, -0.15) is 0 Å². The lowest BCUT2D eigenvalue weighted by Gasteiger charge is -2.21. The maximum atomic E-state index is 13.9. The molecule has 0 amide bonds. The fourth-order valence-corrected chi connectivity index (χ4v) is 2.90. The summed E-state index contributed by atoms with van der Waals surface area (Å²) in [6.45, 7) is 4.90. The van der Waals surface area contributed by atoms with Crippen LogP contribution in [0.3, 0.4) is 0 Å². The van der Waals surface area contributed by atoms with Crippen molar-refractivity contribution in [3.05, 3.63) is 52.8 Å². The van der Waals surface area contributed by atoms with Gasteiger partial charge in [0.05, 0.1) is 11.2 Å². The Morgan fingerprint density at radius 2 is 1.79 bits per heavy atom. The smallest absolute Gasteiger partial charge is 0.419 e. The zero-order valence-electron chi connectivity index (χ0n) is 15.1. The van der Waals surface area contributed by atoms with E-state index in [4.69, 9.17) is 16.3 Å². The van der Waals surface area contributed by atoms with Crippen LogP contribution >= 0.6 is 11.6 Å². The van der Waals surface area contributed by atoms with E-state index in [0.717, 1.165) is 4.57 Å². The number of benzene rings is 1. The van der Waals surface area contributed by atoms with Crippen LogP contribution in [0.15, 0.2) is 30.5 Å². The van der Waals surface area contributed by atoms with E-state index in [-0.39, 0.29) is 21.9 Å². The van der Waals surface area contributed by atoms with Gasteiger partial charge in [0.2, 0.25) is 0 Å². The molecule has 0 N–H and O–H groups in total.